The van der Waals surface area contributed by atoms with Gasteiger partial charge in [0.2, 0.25) is 0 Å². The lowest BCUT2D eigenvalue weighted by atomic mass is 10.1. The molecule has 2 aliphatic rings. The number of carbonyl (C=O) groups excluding carboxylic acids is 3. The molecule has 0 saturated carbocycles. The summed E-state index contributed by atoms with van der Waals surface area (Å²) in [6.45, 7) is 7.84. The van der Waals surface area contributed by atoms with Crippen molar-refractivity contribution in [1.82, 2.24) is 9.80 Å². The van der Waals surface area contributed by atoms with Gasteiger partial charge >= 0.3 is 24.1 Å². The predicted octanol–water partition coefficient (Wildman–Crippen LogP) is 5.03. The van der Waals surface area contributed by atoms with E-state index in [9.17, 15) is 19.2 Å². The lowest BCUT2D eigenvalue weighted by molar-refractivity contribution is -0.163. The van der Waals surface area contributed by atoms with E-state index in [0.717, 1.165) is 11.1 Å². The first kappa shape index (κ1) is 36.3. The monoisotopic (exact) mass is 642 g/mol. The zero-order chi connectivity index (χ0) is 33.4. The number of hydrogen-bond acceptors (Lipinski definition) is 9. The molecule has 2 aromatic rings. The van der Waals surface area contributed by atoms with E-state index in [-0.39, 0.29) is 56.8 Å². The number of carboxylic acid groups (broad SMARTS) is 1. The SMILES string of the molecule is CC(C)(C)OC(=O)COC1CCN(C(=O)OCc2ccccc2)CC1.O=C(O)COC1CCN(C(=O)OCc2ccccc2)CC1. The van der Waals surface area contributed by atoms with Crippen LogP contribution in [-0.2, 0) is 46.5 Å². The number of carboxylic acids is 1. The normalized spacial score (nSPS) is 15.7. The van der Waals surface area contributed by atoms with Gasteiger partial charge in [-0.05, 0) is 57.6 Å². The lowest BCUT2D eigenvalue weighted by Crippen LogP contribution is -2.41. The second-order valence-electron chi connectivity index (χ2n) is 12.1. The third-order valence-electron chi connectivity index (χ3n) is 7.11. The van der Waals surface area contributed by atoms with Crippen molar-refractivity contribution in [2.45, 2.75) is 77.5 Å². The molecule has 2 heterocycles. The molecule has 12 nitrogen and oxygen atoms in total. The maximum Gasteiger partial charge on any atom is 0.410 e. The molecule has 12 heteroatoms. The van der Waals surface area contributed by atoms with E-state index in [1.54, 1.807) is 9.80 Å². The van der Waals surface area contributed by atoms with Crippen molar-refractivity contribution < 1.29 is 48.0 Å². The van der Waals surface area contributed by atoms with Crippen LogP contribution in [0.1, 0.15) is 57.6 Å². The van der Waals surface area contributed by atoms with Gasteiger partial charge in [-0.2, -0.15) is 0 Å². The Bertz CT molecular complexity index is 1220. The molecule has 46 heavy (non-hydrogen) atoms. The number of esters is 1. The molecule has 2 fully saturated rings. The maximum atomic E-state index is 12.1. The fourth-order valence-corrected chi connectivity index (χ4v) is 4.78. The first-order valence-electron chi connectivity index (χ1n) is 15.6. The molecule has 0 radical (unpaired) electrons. The van der Waals surface area contributed by atoms with Gasteiger partial charge in [0.05, 0.1) is 12.2 Å². The van der Waals surface area contributed by atoms with Crippen molar-refractivity contribution in [2.75, 3.05) is 39.4 Å². The highest BCUT2D eigenvalue weighted by Gasteiger charge is 2.26. The summed E-state index contributed by atoms with van der Waals surface area (Å²) in [7, 11) is 0. The van der Waals surface area contributed by atoms with Crippen LogP contribution in [0.15, 0.2) is 60.7 Å². The Morgan fingerprint density at radius 1 is 0.674 bits per heavy atom. The van der Waals surface area contributed by atoms with Gasteiger partial charge in [0.1, 0.15) is 32.0 Å². The van der Waals surface area contributed by atoms with Crippen LogP contribution < -0.4 is 0 Å². The van der Waals surface area contributed by atoms with E-state index < -0.39 is 11.6 Å². The van der Waals surface area contributed by atoms with Crippen molar-refractivity contribution in [3.05, 3.63) is 71.8 Å². The second kappa shape index (κ2) is 18.7. The van der Waals surface area contributed by atoms with Crippen LogP contribution in [0.5, 0.6) is 0 Å². The fourth-order valence-electron chi connectivity index (χ4n) is 4.78. The number of benzene rings is 2. The molecule has 0 unspecified atom stereocenters. The topological polar surface area (TPSA) is 141 Å². The molecule has 0 spiro atoms. The van der Waals surface area contributed by atoms with Gasteiger partial charge in [-0.25, -0.2) is 19.2 Å². The van der Waals surface area contributed by atoms with Gasteiger partial charge in [-0.3, -0.25) is 0 Å². The molecule has 0 bridgehead atoms. The van der Waals surface area contributed by atoms with Crippen molar-refractivity contribution in [3.8, 4) is 0 Å². The Morgan fingerprint density at radius 2 is 1.07 bits per heavy atom. The Morgan fingerprint density at radius 3 is 1.43 bits per heavy atom. The van der Waals surface area contributed by atoms with E-state index in [4.69, 9.17) is 28.8 Å². The Kier molecular flexibility index (Phi) is 14.8. The number of ether oxygens (including phenoxy) is 5. The molecule has 2 saturated heterocycles. The van der Waals surface area contributed by atoms with E-state index in [1.165, 1.54) is 0 Å². The van der Waals surface area contributed by atoms with Crippen LogP contribution >= 0.6 is 0 Å². The van der Waals surface area contributed by atoms with Gasteiger partial charge < -0.3 is 38.6 Å². The third kappa shape index (κ3) is 14.3. The first-order chi connectivity index (χ1) is 22.0. The number of carbonyl (C=O) groups is 4. The molecule has 252 valence electrons. The van der Waals surface area contributed by atoms with Gasteiger partial charge in [0.25, 0.3) is 0 Å². The van der Waals surface area contributed by atoms with E-state index in [2.05, 4.69) is 0 Å². The zero-order valence-corrected chi connectivity index (χ0v) is 26.9. The molecule has 2 amide bonds. The summed E-state index contributed by atoms with van der Waals surface area (Å²) in [5.74, 6) is -1.34. The van der Waals surface area contributed by atoms with Crippen molar-refractivity contribution >= 4 is 24.1 Å². The molecule has 4 rings (SSSR count). The lowest BCUT2D eigenvalue weighted by Gasteiger charge is -2.31. The van der Waals surface area contributed by atoms with Crippen molar-refractivity contribution in [3.63, 3.8) is 0 Å². The number of hydrogen-bond donors (Lipinski definition) is 1. The smallest absolute Gasteiger partial charge is 0.410 e. The Hall–Kier alpha value is -4.16. The number of piperidine rings is 2. The molecule has 2 aromatic carbocycles. The summed E-state index contributed by atoms with van der Waals surface area (Å²) in [5, 5.41) is 8.55. The first-order valence-corrected chi connectivity index (χ1v) is 15.6. The maximum absolute atomic E-state index is 12.1. The molecule has 2 aliphatic heterocycles. The minimum Gasteiger partial charge on any atom is -0.480 e. The van der Waals surface area contributed by atoms with Crippen LogP contribution in [0.3, 0.4) is 0 Å². The minimum absolute atomic E-state index is 0.0364. The summed E-state index contributed by atoms with van der Waals surface area (Å²) in [6, 6.07) is 19.1. The highest BCUT2D eigenvalue weighted by Crippen LogP contribution is 2.17. The molecule has 0 aliphatic carbocycles. The summed E-state index contributed by atoms with van der Waals surface area (Å²) in [6.07, 6.45) is 1.85. The van der Waals surface area contributed by atoms with Crippen LogP contribution in [0.25, 0.3) is 0 Å². The Labute approximate surface area is 270 Å². The van der Waals surface area contributed by atoms with Gasteiger partial charge in [0, 0.05) is 26.2 Å². The number of amides is 2. The summed E-state index contributed by atoms with van der Waals surface area (Å²) < 4.78 is 26.6. The predicted molar refractivity (Wildman–Crippen MR) is 168 cm³/mol. The zero-order valence-electron chi connectivity index (χ0n) is 26.9. The highest BCUT2D eigenvalue weighted by molar-refractivity contribution is 5.71. The van der Waals surface area contributed by atoms with E-state index in [1.807, 2.05) is 81.4 Å². The second-order valence-corrected chi connectivity index (χ2v) is 12.1. The van der Waals surface area contributed by atoms with Gasteiger partial charge in [-0.15, -0.1) is 0 Å². The van der Waals surface area contributed by atoms with Crippen molar-refractivity contribution in [1.29, 1.82) is 0 Å². The van der Waals surface area contributed by atoms with E-state index in [0.29, 0.717) is 51.9 Å². The minimum atomic E-state index is -0.972. The number of aliphatic carboxylic acids is 1. The standard InChI is InChI=1S/C19H27NO5.C15H19NO5/c1-19(2,3)25-17(21)14-23-16-9-11-20(12-10-16)18(22)24-13-15-7-5-4-6-8-15;17-14(18)11-20-13-6-8-16(9-7-13)15(19)21-10-12-4-2-1-3-5-12/h4-8,16H,9-14H2,1-3H3;1-5,13H,6-11H2,(H,17,18). The van der Waals surface area contributed by atoms with Crippen LogP contribution in [0.2, 0.25) is 0 Å². The number of nitrogens with zero attached hydrogens (tertiary/aromatic N) is 2. The van der Waals surface area contributed by atoms with Gasteiger partial charge in [-0.1, -0.05) is 60.7 Å². The summed E-state index contributed by atoms with van der Waals surface area (Å²) in [4.78, 5) is 49.4. The van der Waals surface area contributed by atoms with Crippen LogP contribution in [-0.4, -0.2) is 96.2 Å². The highest BCUT2D eigenvalue weighted by atomic mass is 16.6. The molecule has 0 atom stereocenters. The largest absolute Gasteiger partial charge is 0.480 e. The summed E-state index contributed by atoms with van der Waals surface area (Å²) >= 11 is 0. The molecule has 1 N–H and O–H groups in total. The number of rotatable bonds is 10. The third-order valence-corrected chi connectivity index (χ3v) is 7.11. The van der Waals surface area contributed by atoms with Crippen LogP contribution in [0.4, 0.5) is 9.59 Å². The average Bonchev–Trinajstić information content (AvgIpc) is 3.05. The van der Waals surface area contributed by atoms with Crippen molar-refractivity contribution in [2.24, 2.45) is 0 Å². The summed E-state index contributed by atoms with van der Waals surface area (Å²) in [5.41, 5.74) is 1.41. The van der Waals surface area contributed by atoms with Crippen LogP contribution in [0, 0.1) is 0 Å². The quantitative estimate of drug-likeness (QED) is 0.277. The van der Waals surface area contributed by atoms with Gasteiger partial charge in [0.15, 0.2) is 0 Å². The Balaban J connectivity index is 0.000000254. The average molecular weight is 643 g/mol. The molecular formula is C34H46N2O10. The van der Waals surface area contributed by atoms with E-state index >= 15 is 0 Å². The molecule has 0 aromatic heterocycles. The fraction of sp³-hybridized carbons (Fsp3) is 0.529. The number of likely N-dealkylation sites (tertiary alicyclic amines) is 2. The molecular weight excluding hydrogens is 596 g/mol.